The minimum atomic E-state index is -0.283. The lowest BCUT2D eigenvalue weighted by molar-refractivity contribution is 0.102. The fourth-order valence-corrected chi connectivity index (χ4v) is 3.87. The maximum Gasteiger partial charge on any atom is 0.255 e. The molecule has 0 aliphatic heterocycles. The summed E-state index contributed by atoms with van der Waals surface area (Å²) >= 11 is 7.44. The first-order valence-electron chi connectivity index (χ1n) is 9.34. The van der Waals surface area contributed by atoms with E-state index in [4.69, 9.17) is 16.0 Å². The smallest absolute Gasteiger partial charge is 0.255 e. The van der Waals surface area contributed by atoms with Crippen molar-refractivity contribution in [2.75, 3.05) is 5.32 Å². The third-order valence-electron chi connectivity index (χ3n) is 4.84. The zero-order valence-corrected chi connectivity index (χ0v) is 17.4. The van der Waals surface area contributed by atoms with Gasteiger partial charge in [0.25, 0.3) is 5.91 Å². The normalized spacial score (nSPS) is 11.3. The number of halogens is 1. The lowest BCUT2D eigenvalue weighted by atomic mass is 10.1. The van der Waals surface area contributed by atoms with E-state index >= 15 is 0 Å². The highest BCUT2D eigenvalue weighted by atomic mass is 35.5. The van der Waals surface area contributed by atoms with Crippen molar-refractivity contribution in [2.45, 2.75) is 13.3 Å². The average molecular weight is 435 g/mol. The number of carbonyl (C=O) groups is 1. The molecular formula is C22H15ClN4O2S. The van der Waals surface area contributed by atoms with E-state index in [0.29, 0.717) is 33.3 Å². The summed E-state index contributed by atoms with van der Waals surface area (Å²) in [4.78, 5) is 17.3. The van der Waals surface area contributed by atoms with Crippen molar-refractivity contribution in [2.24, 2.45) is 0 Å². The van der Waals surface area contributed by atoms with Gasteiger partial charge < -0.3 is 9.73 Å². The molecule has 148 valence electrons. The number of rotatable bonds is 4. The number of nitrogens with one attached hydrogen (secondary N) is 1. The number of benzene rings is 3. The van der Waals surface area contributed by atoms with Crippen molar-refractivity contribution in [1.29, 1.82) is 0 Å². The predicted octanol–water partition coefficient (Wildman–Crippen LogP) is 5.97. The van der Waals surface area contributed by atoms with Gasteiger partial charge in [-0.2, -0.15) is 8.75 Å². The van der Waals surface area contributed by atoms with Crippen LogP contribution in [0.3, 0.4) is 0 Å². The first kappa shape index (κ1) is 18.7. The number of amides is 1. The Kier molecular flexibility index (Phi) is 4.69. The number of aromatic nitrogens is 3. The Hall–Kier alpha value is -3.29. The Balaban J connectivity index is 1.46. The quantitative estimate of drug-likeness (QED) is 0.377. The summed E-state index contributed by atoms with van der Waals surface area (Å²) in [6.45, 7) is 2.10. The van der Waals surface area contributed by atoms with E-state index in [1.165, 1.54) is 5.56 Å². The van der Waals surface area contributed by atoms with Crippen LogP contribution in [0.15, 0.2) is 59.0 Å². The summed E-state index contributed by atoms with van der Waals surface area (Å²) in [6, 6.07) is 16.4. The van der Waals surface area contributed by atoms with Crippen LogP contribution >= 0.6 is 23.3 Å². The second kappa shape index (κ2) is 7.51. The maximum absolute atomic E-state index is 12.7. The van der Waals surface area contributed by atoms with Crippen LogP contribution in [0, 0.1) is 0 Å². The van der Waals surface area contributed by atoms with Gasteiger partial charge in [-0.25, -0.2) is 4.98 Å². The second-order valence-electron chi connectivity index (χ2n) is 6.79. The fraction of sp³-hybridized carbons (Fsp3) is 0.0909. The summed E-state index contributed by atoms with van der Waals surface area (Å²) < 4.78 is 14.2. The largest absolute Gasteiger partial charge is 0.436 e. The van der Waals surface area contributed by atoms with E-state index in [-0.39, 0.29) is 5.91 Å². The van der Waals surface area contributed by atoms with E-state index in [0.717, 1.165) is 34.7 Å². The number of oxazole rings is 1. The topological polar surface area (TPSA) is 80.9 Å². The molecule has 6 nitrogen and oxygen atoms in total. The molecule has 0 unspecified atom stereocenters. The molecule has 0 fully saturated rings. The molecule has 0 saturated heterocycles. The Morgan fingerprint density at radius 2 is 1.90 bits per heavy atom. The van der Waals surface area contributed by atoms with Crippen LogP contribution in [0.2, 0.25) is 5.02 Å². The van der Waals surface area contributed by atoms with Gasteiger partial charge >= 0.3 is 0 Å². The number of carbonyl (C=O) groups excluding carboxylic acids is 1. The van der Waals surface area contributed by atoms with Gasteiger partial charge in [-0.1, -0.05) is 24.6 Å². The molecule has 0 saturated carbocycles. The van der Waals surface area contributed by atoms with Gasteiger partial charge in [-0.05, 0) is 60.5 Å². The summed E-state index contributed by atoms with van der Waals surface area (Å²) in [5.41, 5.74) is 5.84. The van der Waals surface area contributed by atoms with Gasteiger partial charge in [-0.15, -0.1) is 0 Å². The van der Waals surface area contributed by atoms with Gasteiger partial charge in [-0.3, -0.25) is 4.79 Å². The molecule has 5 aromatic rings. The molecule has 2 aromatic heterocycles. The lowest BCUT2D eigenvalue weighted by Crippen LogP contribution is -2.12. The molecule has 0 aliphatic rings. The molecule has 30 heavy (non-hydrogen) atoms. The van der Waals surface area contributed by atoms with E-state index in [1.807, 2.05) is 24.3 Å². The van der Waals surface area contributed by atoms with Crippen molar-refractivity contribution in [3.8, 4) is 11.5 Å². The molecule has 5 rings (SSSR count). The lowest BCUT2D eigenvalue weighted by Gasteiger charge is -2.08. The van der Waals surface area contributed by atoms with E-state index in [1.54, 1.807) is 30.3 Å². The van der Waals surface area contributed by atoms with E-state index in [2.05, 4.69) is 26.0 Å². The Labute approximate surface area is 180 Å². The molecule has 3 aromatic carbocycles. The minimum absolute atomic E-state index is 0.283. The third kappa shape index (κ3) is 3.42. The first-order chi connectivity index (χ1) is 14.6. The maximum atomic E-state index is 12.7. The van der Waals surface area contributed by atoms with Gasteiger partial charge in [0.1, 0.15) is 16.6 Å². The molecule has 0 atom stereocenters. The van der Waals surface area contributed by atoms with Gasteiger partial charge in [0, 0.05) is 11.1 Å². The van der Waals surface area contributed by atoms with Crippen molar-refractivity contribution in [1.82, 2.24) is 13.7 Å². The molecule has 2 heterocycles. The SMILES string of the molecule is CCc1ccc2oc(-c3ccc(Cl)c(NC(=O)c4ccc5nsnc5c4)c3)nc2c1. The minimum Gasteiger partial charge on any atom is -0.436 e. The summed E-state index contributed by atoms with van der Waals surface area (Å²) in [5, 5.41) is 3.28. The molecule has 0 radical (unpaired) electrons. The van der Waals surface area contributed by atoms with Crippen molar-refractivity contribution in [3.05, 3.63) is 70.7 Å². The van der Waals surface area contributed by atoms with Gasteiger partial charge in [0.15, 0.2) is 5.58 Å². The third-order valence-corrected chi connectivity index (χ3v) is 5.72. The summed E-state index contributed by atoms with van der Waals surface area (Å²) in [7, 11) is 0. The molecule has 8 heteroatoms. The summed E-state index contributed by atoms with van der Waals surface area (Å²) in [5.74, 6) is 0.189. The molecule has 1 amide bonds. The van der Waals surface area contributed by atoms with Gasteiger partial charge in [0.05, 0.1) is 22.4 Å². The van der Waals surface area contributed by atoms with Crippen molar-refractivity contribution < 1.29 is 9.21 Å². The molecule has 0 aliphatic carbocycles. The number of hydrogen-bond acceptors (Lipinski definition) is 6. The highest BCUT2D eigenvalue weighted by Crippen LogP contribution is 2.31. The van der Waals surface area contributed by atoms with E-state index < -0.39 is 0 Å². The Morgan fingerprint density at radius 1 is 1.03 bits per heavy atom. The molecule has 0 spiro atoms. The molecular weight excluding hydrogens is 420 g/mol. The molecule has 1 N–H and O–H groups in total. The van der Waals surface area contributed by atoms with Crippen LogP contribution < -0.4 is 5.32 Å². The monoisotopic (exact) mass is 434 g/mol. The Morgan fingerprint density at radius 3 is 2.77 bits per heavy atom. The molecule has 0 bridgehead atoms. The number of fused-ring (bicyclic) bond motifs is 2. The highest BCUT2D eigenvalue weighted by molar-refractivity contribution is 7.00. The number of aryl methyl sites for hydroxylation is 1. The predicted molar refractivity (Wildman–Crippen MR) is 119 cm³/mol. The van der Waals surface area contributed by atoms with Crippen LogP contribution in [0.1, 0.15) is 22.8 Å². The van der Waals surface area contributed by atoms with Crippen LogP contribution in [-0.2, 0) is 6.42 Å². The fourth-order valence-electron chi connectivity index (χ4n) is 3.19. The second-order valence-corrected chi connectivity index (χ2v) is 7.73. The highest BCUT2D eigenvalue weighted by Gasteiger charge is 2.14. The van der Waals surface area contributed by atoms with Crippen LogP contribution in [0.4, 0.5) is 5.69 Å². The number of hydrogen-bond donors (Lipinski definition) is 1. The average Bonchev–Trinajstić information content (AvgIpc) is 3.40. The number of nitrogens with zero attached hydrogens (tertiary/aromatic N) is 3. The van der Waals surface area contributed by atoms with Crippen LogP contribution in [0.5, 0.6) is 0 Å². The number of anilines is 1. The first-order valence-corrected chi connectivity index (χ1v) is 10.4. The zero-order valence-electron chi connectivity index (χ0n) is 15.8. The van der Waals surface area contributed by atoms with Gasteiger partial charge in [0.2, 0.25) is 5.89 Å². The van der Waals surface area contributed by atoms with Crippen LogP contribution in [0.25, 0.3) is 33.6 Å². The van der Waals surface area contributed by atoms with Crippen molar-refractivity contribution in [3.63, 3.8) is 0 Å². The standard InChI is InChI=1S/C22H15ClN4O2S/c1-2-12-3-8-20-19(9-12)25-22(29-20)14-4-6-15(23)17(11-14)24-21(28)13-5-7-16-18(10-13)27-30-26-16/h3-11H,2H2,1H3,(H,24,28). The van der Waals surface area contributed by atoms with E-state index in [9.17, 15) is 4.79 Å². The van der Waals surface area contributed by atoms with Crippen molar-refractivity contribution >= 4 is 57.1 Å². The summed E-state index contributed by atoms with van der Waals surface area (Å²) in [6.07, 6.45) is 0.929. The Bertz CT molecular complexity index is 1410. The zero-order chi connectivity index (χ0) is 20.7. The van der Waals surface area contributed by atoms with Crippen LogP contribution in [-0.4, -0.2) is 19.6 Å².